The number of carbonyl (C=O) groups is 2. The molecule has 1 unspecified atom stereocenters. The van der Waals surface area contributed by atoms with Crippen molar-refractivity contribution in [3.05, 3.63) is 16.1 Å². The number of thiazole rings is 1. The van der Waals surface area contributed by atoms with E-state index in [1.807, 2.05) is 19.9 Å². The highest BCUT2D eigenvalue weighted by atomic mass is 32.1. The molecule has 0 aromatic carbocycles. The molecule has 108 valence electrons. The first-order valence-corrected chi connectivity index (χ1v) is 7.52. The second-order valence-electron chi connectivity index (χ2n) is 4.27. The highest BCUT2D eigenvalue weighted by molar-refractivity contribution is 7.10. The summed E-state index contributed by atoms with van der Waals surface area (Å²) in [5.41, 5.74) is 0.157. The van der Waals surface area contributed by atoms with Gasteiger partial charge in [0.1, 0.15) is 5.01 Å². The summed E-state index contributed by atoms with van der Waals surface area (Å²) in [7, 11) is 0. The minimum Gasteiger partial charge on any atom is -0.461 e. The number of aromatic nitrogens is 1. The van der Waals surface area contributed by atoms with Crippen molar-refractivity contribution >= 4 is 23.1 Å². The predicted octanol–water partition coefficient (Wildman–Crippen LogP) is 2.93. The topological polar surface area (TPSA) is 80.0 Å². The Morgan fingerprint density at radius 3 is 2.55 bits per heavy atom. The Balaban J connectivity index is 2.94. The number of esters is 1. The van der Waals surface area contributed by atoms with E-state index in [1.54, 1.807) is 6.92 Å². The molecule has 1 aromatic rings. The van der Waals surface area contributed by atoms with Crippen LogP contribution in [0, 0.1) is 17.2 Å². The molecule has 0 bridgehead atoms. The van der Waals surface area contributed by atoms with E-state index in [2.05, 4.69) is 4.98 Å². The van der Waals surface area contributed by atoms with Gasteiger partial charge in [-0.3, -0.25) is 4.79 Å². The number of hydrogen-bond acceptors (Lipinski definition) is 6. The summed E-state index contributed by atoms with van der Waals surface area (Å²) in [4.78, 5) is 27.9. The molecular weight excluding hydrogens is 276 g/mol. The van der Waals surface area contributed by atoms with E-state index in [0.717, 1.165) is 11.3 Å². The third-order valence-corrected chi connectivity index (χ3v) is 3.96. The lowest BCUT2D eigenvalue weighted by Gasteiger charge is -2.13. The Kier molecular flexibility index (Phi) is 6.32. The summed E-state index contributed by atoms with van der Waals surface area (Å²) in [5.74, 6) is -1.69. The molecule has 1 rings (SSSR count). The maximum Gasteiger partial charge on any atom is 0.357 e. The Hall–Kier alpha value is -1.74. The van der Waals surface area contributed by atoms with Crippen molar-refractivity contribution < 1.29 is 14.3 Å². The zero-order chi connectivity index (χ0) is 15.1. The van der Waals surface area contributed by atoms with E-state index >= 15 is 0 Å². The van der Waals surface area contributed by atoms with Gasteiger partial charge in [0.25, 0.3) is 0 Å². The molecule has 0 radical (unpaired) electrons. The maximum atomic E-state index is 12.3. The van der Waals surface area contributed by atoms with Crippen molar-refractivity contribution in [1.29, 1.82) is 5.26 Å². The van der Waals surface area contributed by atoms with Crippen LogP contribution in [0.5, 0.6) is 0 Å². The van der Waals surface area contributed by atoms with Crippen molar-refractivity contribution in [3.63, 3.8) is 0 Å². The van der Waals surface area contributed by atoms with E-state index in [-0.39, 0.29) is 24.0 Å². The SMILES string of the molecule is CCOC(=O)c1csc(C(C#N)C(=O)C(CC)CC)n1. The van der Waals surface area contributed by atoms with Crippen LogP contribution in [-0.4, -0.2) is 23.3 Å². The number of carbonyl (C=O) groups excluding carboxylic acids is 2. The van der Waals surface area contributed by atoms with Gasteiger partial charge >= 0.3 is 5.97 Å². The Morgan fingerprint density at radius 2 is 2.05 bits per heavy atom. The minimum absolute atomic E-state index is 0.123. The lowest BCUT2D eigenvalue weighted by Crippen LogP contribution is -2.20. The fourth-order valence-electron chi connectivity index (χ4n) is 1.89. The Bertz CT molecular complexity index is 515. The van der Waals surface area contributed by atoms with Crippen LogP contribution in [-0.2, 0) is 9.53 Å². The average molecular weight is 294 g/mol. The van der Waals surface area contributed by atoms with Crippen LogP contribution in [0.25, 0.3) is 0 Å². The summed E-state index contributed by atoms with van der Waals surface area (Å²) in [6.07, 6.45) is 1.40. The summed E-state index contributed by atoms with van der Waals surface area (Å²) in [5, 5.41) is 11.1. The molecule has 1 aromatic heterocycles. The van der Waals surface area contributed by atoms with Crippen molar-refractivity contribution in [2.45, 2.75) is 39.5 Å². The highest BCUT2D eigenvalue weighted by Crippen LogP contribution is 2.26. The van der Waals surface area contributed by atoms with E-state index in [4.69, 9.17) is 4.74 Å². The van der Waals surface area contributed by atoms with E-state index in [0.29, 0.717) is 17.8 Å². The van der Waals surface area contributed by atoms with Crippen LogP contribution < -0.4 is 0 Å². The van der Waals surface area contributed by atoms with Gasteiger partial charge < -0.3 is 4.74 Å². The zero-order valence-electron chi connectivity index (χ0n) is 11.9. The molecule has 0 aliphatic carbocycles. The van der Waals surface area contributed by atoms with Crippen LogP contribution in [0.3, 0.4) is 0 Å². The number of nitriles is 1. The third kappa shape index (κ3) is 3.64. The van der Waals surface area contributed by atoms with Gasteiger partial charge in [0.2, 0.25) is 0 Å². The lowest BCUT2D eigenvalue weighted by molar-refractivity contribution is -0.123. The van der Waals surface area contributed by atoms with E-state index in [9.17, 15) is 14.9 Å². The van der Waals surface area contributed by atoms with Crippen molar-refractivity contribution in [1.82, 2.24) is 4.98 Å². The molecule has 6 heteroatoms. The first kappa shape index (κ1) is 16.3. The van der Waals surface area contributed by atoms with Gasteiger partial charge in [0, 0.05) is 11.3 Å². The lowest BCUT2D eigenvalue weighted by atomic mass is 9.90. The molecule has 0 fully saturated rings. The number of ether oxygens (including phenoxy) is 1. The smallest absolute Gasteiger partial charge is 0.357 e. The van der Waals surface area contributed by atoms with Gasteiger partial charge in [-0.05, 0) is 19.8 Å². The molecular formula is C14H18N2O3S. The molecule has 0 saturated carbocycles. The average Bonchev–Trinajstić information content (AvgIpc) is 2.91. The van der Waals surface area contributed by atoms with Crippen molar-refractivity contribution in [2.24, 2.45) is 5.92 Å². The van der Waals surface area contributed by atoms with Gasteiger partial charge in [0.15, 0.2) is 17.4 Å². The van der Waals surface area contributed by atoms with Gasteiger partial charge in [-0.15, -0.1) is 11.3 Å². The van der Waals surface area contributed by atoms with Crippen molar-refractivity contribution in [2.75, 3.05) is 6.61 Å². The minimum atomic E-state index is -0.895. The largest absolute Gasteiger partial charge is 0.461 e. The number of ketones is 1. The second-order valence-corrected chi connectivity index (χ2v) is 5.16. The highest BCUT2D eigenvalue weighted by Gasteiger charge is 2.29. The first-order valence-electron chi connectivity index (χ1n) is 6.64. The summed E-state index contributed by atoms with van der Waals surface area (Å²) in [6, 6.07) is 2.00. The van der Waals surface area contributed by atoms with Crippen LogP contribution in [0.15, 0.2) is 5.38 Å². The monoisotopic (exact) mass is 294 g/mol. The van der Waals surface area contributed by atoms with Gasteiger partial charge in [-0.2, -0.15) is 5.26 Å². The number of hydrogen-bond donors (Lipinski definition) is 0. The molecule has 1 atom stereocenters. The van der Waals surface area contributed by atoms with Crippen LogP contribution in [0.2, 0.25) is 0 Å². The standard InChI is InChI=1S/C14H18N2O3S/c1-4-9(5-2)12(17)10(7-15)13-16-11(8-20-13)14(18)19-6-3/h8-10H,4-6H2,1-3H3. The fraction of sp³-hybridized carbons (Fsp3) is 0.571. The molecule has 5 nitrogen and oxygen atoms in total. The summed E-state index contributed by atoms with van der Waals surface area (Å²) in [6.45, 7) is 5.82. The third-order valence-electron chi connectivity index (χ3n) is 3.06. The van der Waals surface area contributed by atoms with Crippen LogP contribution in [0.1, 0.15) is 55.0 Å². The molecule has 0 aliphatic heterocycles. The number of rotatable bonds is 7. The van der Waals surface area contributed by atoms with Crippen molar-refractivity contribution in [3.8, 4) is 6.07 Å². The van der Waals surface area contributed by atoms with Gasteiger partial charge in [-0.1, -0.05) is 13.8 Å². The molecule has 0 N–H and O–H groups in total. The number of nitrogens with zero attached hydrogens (tertiary/aromatic N) is 2. The maximum absolute atomic E-state index is 12.3. The quantitative estimate of drug-likeness (QED) is 0.722. The van der Waals surface area contributed by atoms with Crippen LogP contribution >= 0.6 is 11.3 Å². The van der Waals surface area contributed by atoms with Gasteiger partial charge in [0.05, 0.1) is 12.7 Å². The molecule has 20 heavy (non-hydrogen) atoms. The Labute approximate surface area is 122 Å². The summed E-state index contributed by atoms with van der Waals surface area (Å²) < 4.78 is 4.84. The molecule has 0 aliphatic rings. The Morgan fingerprint density at radius 1 is 1.40 bits per heavy atom. The van der Waals surface area contributed by atoms with E-state index < -0.39 is 11.9 Å². The molecule has 0 spiro atoms. The molecule has 0 saturated heterocycles. The first-order chi connectivity index (χ1) is 9.58. The summed E-state index contributed by atoms with van der Waals surface area (Å²) >= 11 is 1.15. The zero-order valence-corrected chi connectivity index (χ0v) is 12.7. The van der Waals surface area contributed by atoms with E-state index in [1.165, 1.54) is 5.38 Å². The fourth-order valence-corrected chi connectivity index (χ4v) is 2.72. The molecule has 0 amide bonds. The van der Waals surface area contributed by atoms with Crippen LogP contribution in [0.4, 0.5) is 0 Å². The normalized spacial score (nSPS) is 11.9. The number of Topliss-reactive ketones (excluding diaryl/α,β-unsaturated/α-hetero) is 1. The second kappa shape index (κ2) is 7.75. The predicted molar refractivity (Wildman–Crippen MR) is 75.5 cm³/mol. The molecule has 1 heterocycles. The van der Waals surface area contributed by atoms with Gasteiger partial charge in [-0.25, -0.2) is 9.78 Å².